The van der Waals surface area contributed by atoms with Crippen LogP contribution in [0, 0.1) is 0 Å². The number of hydrogen-bond donors (Lipinski definition) is 3. The molecule has 0 spiro atoms. The summed E-state index contributed by atoms with van der Waals surface area (Å²) in [7, 11) is 0. The van der Waals surface area contributed by atoms with Gasteiger partial charge in [0.25, 0.3) is 0 Å². The minimum absolute atomic E-state index is 0.212. The van der Waals surface area contributed by atoms with E-state index in [2.05, 4.69) is 24.3 Å². The van der Waals surface area contributed by atoms with E-state index in [9.17, 15) is 9.90 Å². The molecule has 0 saturated heterocycles. The quantitative estimate of drug-likeness (QED) is 0.164. The van der Waals surface area contributed by atoms with E-state index in [-0.39, 0.29) is 5.56 Å². The summed E-state index contributed by atoms with van der Waals surface area (Å²) in [4.78, 5) is 12.3. The molecule has 0 bridgehead atoms. The normalized spacial score (nSPS) is 12.6. The lowest BCUT2D eigenvalue weighted by atomic mass is 9.67. The monoisotopic (exact) mass is 576 g/mol. The van der Waals surface area contributed by atoms with E-state index in [0.29, 0.717) is 34.4 Å². The molecule has 0 unspecified atom stereocenters. The van der Waals surface area contributed by atoms with Crippen molar-refractivity contribution in [1.82, 2.24) is 0 Å². The fourth-order valence-electron chi connectivity index (χ4n) is 6.13. The van der Waals surface area contributed by atoms with Crippen LogP contribution in [0.3, 0.4) is 0 Å². The zero-order valence-corrected chi connectivity index (χ0v) is 23.6. The van der Waals surface area contributed by atoms with E-state index in [1.807, 2.05) is 78.9 Å². The molecule has 0 aliphatic heterocycles. The first-order valence-corrected chi connectivity index (χ1v) is 14.2. The van der Waals surface area contributed by atoms with Crippen LogP contribution in [0.2, 0.25) is 0 Å². The zero-order valence-electron chi connectivity index (χ0n) is 23.6. The lowest BCUT2D eigenvalue weighted by Gasteiger charge is -2.34. The molecule has 6 nitrogen and oxygen atoms in total. The van der Waals surface area contributed by atoms with Crippen molar-refractivity contribution in [1.29, 1.82) is 0 Å². The maximum Gasteiger partial charge on any atom is 0.335 e. The Morgan fingerprint density at radius 1 is 0.523 bits per heavy atom. The Bertz CT molecular complexity index is 1930. The zero-order chi connectivity index (χ0) is 30.3. The smallest absolute Gasteiger partial charge is 0.335 e. The Morgan fingerprint density at radius 2 is 1.05 bits per heavy atom. The van der Waals surface area contributed by atoms with Gasteiger partial charge in [0.2, 0.25) is 0 Å². The van der Waals surface area contributed by atoms with Crippen LogP contribution in [-0.4, -0.2) is 11.1 Å². The van der Waals surface area contributed by atoms with Crippen LogP contribution in [0.5, 0.6) is 23.0 Å². The molecular formula is C38H28N2O4. The Kier molecular flexibility index (Phi) is 6.52. The standard InChI is InChI=1S/C38H28N2O4/c39-27-12-16-29(17-13-27)43-31-7-3-5-25(22-31)38(26-6-4-8-32(23-26)44-30-18-14-28(40)15-19-30)35-10-2-1-9-33(35)34-20-11-24(37(41)42)21-36(34)38/h1-23H,39-40H2,(H,41,42). The first-order chi connectivity index (χ1) is 21.4. The molecule has 44 heavy (non-hydrogen) atoms. The molecule has 6 heteroatoms. The molecule has 6 aromatic rings. The second-order valence-electron chi connectivity index (χ2n) is 10.8. The average molecular weight is 577 g/mol. The van der Waals surface area contributed by atoms with Gasteiger partial charge in [-0.25, -0.2) is 4.79 Å². The third kappa shape index (κ3) is 4.59. The summed E-state index contributed by atoms with van der Waals surface area (Å²) < 4.78 is 12.6. The first kappa shape index (κ1) is 26.9. The lowest BCUT2D eigenvalue weighted by molar-refractivity contribution is 0.0696. The summed E-state index contributed by atoms with van der Waals surface area (Å²) in [5, 5.41) is 10.0. The van der Waals surface area contributed by atoms with Crippen molar-refractivity contribution in [3.05, 3.63) is 167 Å². The van der Waals surface area contributed by atoms with Crippen LogP contribution in [0.15, 0.2) is 140 Å². The maximum absolute atomic E-state index is 12.3. The van der Waals surface area contributed by atoms with Gasteiger partial charge in [-0.05, 0) is 118 Å². The summed E-state index contributed by atoms with van der Waals surface area (Å²) in [6.45, 7) is 0. The van der Waals surface area contributed by atoms with Crippen molar-refractivity contribution in [2.24, 2.45) is 0 Å². The van der Waals surface area contributed by atoms with Crippen LogP contribution in [0.25, 0.3) is 11.1 Å². The number of hydrogen-bond acceptors (Lipinski definition) is 5. The molecule has 0 heterocycles. The SMILES string of the molecule is Nc1ccc(Oc2cccc(C3(c4cccc(Oc5ccc(N)cc5)c4)c4ccccc4-c4ccc(C(=O)O)cc43)c2)cc1. The Morgan fingerprint density at radius 3 is 1.59 bits per heavy atom. The number of aromatic carboxylic acids is 1. The molecule has 5 N–H and O–H groups in total. The number of benzene rings is 6. The number of fused-ring (bicyclic) bond motifs is 3. The summed E-state index contributed by atoms with van der Waals surface area (Å²) in [6, 6.07) is 43.9. The maximum atomic E-state index is 12.3. The largest absolute Gasteiger partial charge is 0.478 e. The molecule has 0 aromatic heterocycles. The summed E-state index contributed by atoms with van der Waals surface area (Å²) in [5.41, 5.74) is 18.2. The predicted molar refractivity (Wildman–Crippen MR) is 173 cm³/mol. The molecule has 1 aliphatic rings. The van der Waals surface area contributed by atoms with Gasteiger partial charge in [-0.1, -0.05) is 54.6 Å². The third-order valence-electron chi connectivity index (χ3n) is 8.06. The molecule has 0 amide bonds. The van der Waals surface area contributed by atoms with Gasteiger partial charge < -0.3 is 26.0 Å². The Balaban J connectivity index is 1.46. The highest BCUT2D eigenvalue weighted by Gasteiger charge is 2.46. The van der Waals surface area contributed by atoms with E-state index in [1.54, 1.807) is 36.4 Å². The number of nitrogens with two attached hydrogens (primary N) is 2. The van der Waals surface area contributed by atoms with Crippen molar-refractivity contribution >= 4 is 17.3 Å². The van der Waals surface area contributed by atoms with E-state index in [1.165, 1.54) is 0 Å². The molecule has 0 saturated carbocycles. The van der Waals surface area contributed by atoms with Gasteiger partial charge in [0.15, 0.2) is 0 Å². The van der Waals surface area contributed by atoms with E-state index in [4.69, 9.17) is 20.9 Å². The molecule has 0 atom stereocenters. The highest BCUT2D eigenvalue weighted by molar-refractivity contribution is 5.93. The van der Waals surface area contributed by atoms with Gasteiger partial charge in [-0.15, -0.1) is 0 Å². The van der Waals surface area contributed by atoms with Crippen molar-refractivity contribution in [2.75, 3.05) is 11.5 Å². The van der Waals surface area contributed by atoms with Crippen LogP contribution in [0.1, 0.15) is 32.6 Å². The topological polar surface area (TPSA) is 108 Å². The number of carboxylic acid groups (broad SMARTS) is 1. The van der Waals surface area contributed by atoms with E-state index in [0.717, 1.165) is 33.4 Å². The summed E-state index contributed by atoms with van der Waals surface area (Å²) in [5.74, 6) is 1.61. The molecule has 6 aromatic carbocycles. The van der Waals surface area contributed by atoms with Crippen LogP contribution < -0.4 is 20.9 Å². The minimum Gasteiger partial charge on any atom is -0.478 e. The van der Waals surface area contributed by atoms with Gasteiger partial charge >= 0.3 is 5.97 Å². The van der Waals surface area contributed by atoms with Crippen molar-refractivity contribution in [2.45, 2.75) is 5.41 Å². The summed E-state index contributed by atoms with van der Waals surface area (Å²) >= 11 is 0. The number of carbonyl (C=O) groups is 1. The predicted octanol–water partition coefficient (Wildman–Crippen LogP) is 8.50. The fourth-order valence-corrected chi connectivity index (χ4v) is 6.13. The van der Waals surface area contributed by atoms with Crippen molar-refractivity contribution < 1.29 is 19.4 Å². The van der Waals surface area contributed by atoms with Crippen LogP contribution in [-0.2, 0) is 5.41 Å². The van der Waals surface area contributed by atoms with Gasteiger partial charge in [-0.2, -0.15) is 0 Å². The Hall–Kier alpha value is -6.01. The number of nitrogen functional groups attached to an aromatic ring is 2. The van der Waals surface area contributed by atoms with Gasteiger partial charge in [-0.3, -0.25) is 0 Å². The highest BCUT2D eigenvalue weighted by Crippen LogP contribution is 2.57. The lowest BCUT2D eigenvalue weighted by Crippen LogP contribution is -2.29. The molecule has 0 fully saturated rings. The number of ether oxygens (including phenoxy) is 2. The number of rotatable bonds is 7. The van der Waals surface area contributed by atoms with Gasteiger partial charge in [0, 0.05) is 11.4 Å². The van der Waals surface area contributed by atoms with Gasteiger partial charge in [0.05, 0.1) is 11.0 Å². The highest BCUT2D eigenvalue weighted by atomic mass is 16.5. The minimum atomic E-state index is -0.987. The molecular weight excluding hydrogens is 548 g/mol. The van der Waals surface area contributed by atoms with E-state index >= 15 is 0 Å². The molecule has 1 aliphatic carbocycles. The number of anilines is 2. The average Bonchev–Trinajstić information content (AvgIpc) is 3.34. The molecule has 214 valence electrons. The van der Waals surface area contributed by atoms with Crippen molar-refractivity contribution in [3.8, 4) is 34.1 Å². The van der Waals surface area contributed by atoms with Crippen molar-refractivity contribution in [3.63, 3.8) is 0 Å². The molecule has 0 radical (unpaired) electrons. The number of carboxylic acids is 1. The van der Waals surface area contributed by atoms with Crippen LogP contribution >= 0.6 is 0 Å². The summed E-state index contributed by atoms with van der Waals surface area (Å²) in [6.07, 6.45) is 0. The third-order valence-corrected chi connectivity index (χ3v) is 8.06. The second kappa shape index (κ2) is 10.7. The van der Waals surface area contributed by atoms with Crippen LogP contribution in [0.4, 0.5) is 11.4 Å². The fraction of sp³-hybridized carbons (Fsp3) is 0.0263. The van der Waals surface area contributed by atoms with E-state index < -0.39 is 11.4 Å². The molecule has 7 rings (SSSR count). The second-order valence-corrected chi connectivity index (χ2v) is 10.8. The first-order valence-electron chi connectivity index (χ1n) is 14.2. The Labute approximate surface area is 254 Å². The van der Waals surface area contributed by atoms with Gasteiger partial charge in [0.1, 0.15) is 23.0 Å².